The number of aliphatic hydroxyl groups is 1. The van der Waals surface area contributed by atoms with E-state index < -0.39 is 6.61 Å². The molecule has 3 heteroatoms. The predicted molar refractivity (Wildman–Crippen MR) is 73.3 cm³/mol. The van der Waals surface area contributed by atoms with E-state index in [0.717, 1.165) is 5.56 Å². The fraction of sp³-hybridized carbons (Fsp3) is 0.188. The number of aliphatic hydroxyl groups excluding tert-OH is 1. The van der Waals surface area contributed by atoms with Crippen LogP contribution in [0.4, 0.5) is 0 Å². The Labute approximate surface area is 112 Å². The van der Waals surface area contributed by atoms with Crippen LogP contribution >= 0.6 is 0 Å². The molecule has 2 aromatic carbocycles. The standard InChI is InChI=1S/C16H16O3/c1-12(13-5-3-2-4-6-13)19-15-9-7-14(8-10-15)16(18)11-17/h2-10,12,17H,11H2,1H3. The van der Waals surface area contributed by atoms with E-state index in [9.17, 15) is 4.79 Å². The van der Waals surface area contributed by atoms with Gasteiger partial charge in [-0.2, -0.15) is 0 Å². The Morgan fingerprint density at radius 3 is 2.32 bits per heavy atom. The molecule has 0 saturated carbocycles. The van der Waals surface area contributed by atoms with Gasteiger partial charge in [-0.15, -0.1) is 0 Å². The molecule has 0 aliphatic heterocycles. The zero-order chi connectivity index (χ0) is 13.7. The molecule has 2 rings (SSSR count). The van der Waals surface area contributed by atoms with Crippen molar-refractivity contribution in [2.24, 2.45) is 0 Å². The summed E-state index contributed by atoms with van der Waals surface area (Å²) in [6.07, 6.45) is -0.0550. The Morgan fingerprint density at radius 2 is 1.74 bits per heavy atom. The molecular formula is C16H16O3. The lowest BCUT2D eigenvalue weighted by atomic mass is 10.1. The topological polar surface area (TPSA) is 46.5 Å². The Morgan fingerprint density at radius 1 is 1.11 bits per heavy atom. The smallest absolute Gasteiger partial charge is 0.188 e. The van der Waals surface area contributed by atoms with E-state index in [4.69, 9.17) is 9.84 Å². The molecule has 2 aromatic rings. The van der Waals surface area contributed by atoms with Crippen LogP contribution in [-0.2, 0) is 0 Å². The molecule has 0 bridgehead atoms. The van der Waals surface area contributed by atoms with Crippen molar-refractivity contribution in [1.82, 2.24) is 0 Å². The Bertz CT molecular complexity index is 532. The first kappa shape index (κ1) is 13.3. The monoisotopic (exact) mass is 256 g/mol. The van der Waals surface area contributed by atoms with Crippen LogP contribution in [-0.4, -0.2) is 17.5 Å². The van der Waals surface area contributed by atoms with Crippen LogP contribution in [0.5, 0.6) is 5.75 Å². The molecule has 0 spiro atoms. The third kappa shape index (κ3) is 3.42. The summed E-state index contributed by atoms with van der Waals surface area (Å²) in [4.78, 5) is 11.3. The van der Waals surface area contributed by atoms with Gasteiger partial charge in [0.15, 0.2) is 5.78 Å². The molecule has 0 heterocycles. The first-order valence-corrected chi connectivity index (χ1v) is 6.16. The highest BCUT2D eigenvalue weighted by atomic mass is 16.5. The van der Waals surface area contributed by atoms with Crippen molar-refractivity contribution in [3.63, 3.8) is 0 Å². The van der Waals surface area contributed by atoms with Gasteiger partial charge in [-0.1, -0.05) is 30.3 Å². The second kappa shape index (κ2) is 6.16. The van der Waals surface area contributed by atoms with Gasteiger partial charge < -0.3 is 9.84 Å². The van der Waals surface area contributed by atoms with E-state index in [1.807, 2.05) is 37.3 Å². The third-order valence-electron chi connectivity index (χ3n) is 2.90. The fourth-order valence-corrected chi connectivity index (χ4v) is 1.81. The molecule has 0 radical (unpaired) electrons. The number of Topliss-reactive ketones (excluding diaryl/α,β-unsaturated/α-hetero) is 1. The van der Waals surface area contributed by atoms with Crippen LogP contribution < -0.4 is 4.74 Å². The second-order valence-electron chi connectivity index (χ2n) is 4.28. The largest absolute Gasteiger partial charge is 0.486 e. The van der Waals surface area contributed by atoms with Crippen LogP contribution in [0, 0.1) is 0 Å². The van der Waals surface area contributed by atoms with Gasteiger partial charge in [-0.05, 0) is 36.8 Å². The number of ether oxygens (including phenoxy) is 1. The SMILES string of the molecule is CC(Oc1ccc(C(=O)CO)cc1)c1ccccc1. The number of benzene rings is 2. The highest BCUT2D eigenvalue weighted by Gasteiger charge is 2.08. The molecule has 0 aliphatic carbocycles. The lowest BCUT2D eigenvalue weighted by Crippen LogP contribution is -2.05. The number of carbonyl (C=O) groups excluding carboxylic acids is 1. The molecule has 1 N–H and O–H groups in total. The summed E-state index contributed by atoms with van der Waals surface area (Å²) in [5.41, 5.74) is 1.58. The van der Waals surface area contributed by atoms with Gasteiger partial charge in [0.2, 0.25) is 0 Å². The predicted octanol–water partition coefficient (Wildman–Crippen LogP) is 3.00. The zero-order valence-electron chi connectivity index (χ0n) is 10.7. The zero-order valence-corrected chi connectivity index (χ0v) is 10.7. The van der Waals surface area contributed by atoms with Crippen LogP contribution in [0.1, 0.15) is 28.9 Å². The first-order valence-electron chi connectivity index (χ1n) is 6.16. The average Bonchev–Trinajstić information content (AvgIpc) is 2.48. The van der Waals surface area contributed by atoms with E-state index in [2.05, 4.69) is 0 Å². The highest BCUT2D eigenvalue weighted by molar-refractivity contribution is 5.96. The molecule has 0 fully saturated rings. The van der Waals surface area contributed by atoms with Crippen molar-refractivity contribution in [3.05, 3.63) is 65.7 Å². The molecule has 0 amide bonds. The maximum Gasteiger partial charge on any atom is 0.188 e. The van der Waals surface area contributed by atoms with E-state index in [0.29, 0.717) is 11.3 Å². The lowest BCUT2D eigenvalue weighted by molar-refractivity contribution is 0.0903. The summed E-state index contributed by atoms with van der Waals surface area (Å²) in [7, 11) is 0. The van der Waals surface area contributed by atoms with Crippen molar-refractivity contribution >= 4 is 5.78 Å². The quantitative estimate of drug-likeness (QED) is 0.836. The first-order chi connectivity index (χ1) is 9.20. The Kier molecular flexibility index (Phi) is 4.31. The minimum Gasteiger partial charge on any atom is -0.486 e. The molecular weight excluding hydrogens is 240 g/mol. The minimum absolute atomic E-state index is 0.0550. The molecule has 1 unspecified atom stereocenters. The van der Waals surface area contributed by atoms with E-state index in [-0.39, 0.29) is 11.9 Å². The third-order valence-corrected chi connectivity index (χ3v) is 2.90. The van der Waals surface area contributed by atoms with Crippen LogP contribution in [0.2, 0.25) is 0 Å². The number of hydrogen-bond acceptors (Lipinski definition) is 3. The number of rotatable bonds is 5. The Balaban J connectivity index is 2.06. The van der Waals surface area contributed by atoms with Crippen molar-refractivity contribution in [2.45, 2.75) is 13.0 Å². The van der Waals surface area contributed by atoms with Crippen LogP contribution in [0.25, 0.3) is 0 Å². The number of carbonyl (C=O) groups is 1. The van der Waals surface area contributed by atoms with Gasteiger partial charge in [0.05, 0.1) is 0 Å². The van der Waals surface area contributed by atoms with E-state index in [1.54, 1.807) is 24.3 Å². The molecule has 19 heavy (non-hydrogen) atoms. The molecule has 0 aromatic heterocycles. The molecule has 3 nitrogen and oxygen atoms in total. The van der Waals surface area contributed by atoms with Gasteiger partial charge in [0.1, 0.15) is 18.5 Å². The van der Waals surface area contributed by atoms with E-state index in [1.165, 1.54) is 0 Å². The summed E-state index contributed by atoms with van der Waals surface area (Å²) < 4.78 is 5.79. The summed E-state index contributed by atoms with van der Waals surface area (Å²) in [6, 6.07) is 16.7. The van der Waals surface area contributed by atoms with Crippen molar-refractivity contribution in [3.8, 4) is 5.75 Å². The summed E-state index contributed by atoms with van der Waals surface area (Å²) in [5, 5.41) is 8.77. The van der Waals surface area contributed by atoms with Gasteiger partial charge in [0.25, 0.3) is 0 Å². The van der Waals surface area contributed by atoms with Crippen molar-refractivity contribution in [1.29, 1.82) is 0 Å². The van der Waals surface area contributed by atoms with Crippen molar-refractivity contribution in [2.75, 3.05) is 6.61 Å². The minimum atomic E-state index is -0.472. The van der Waals surface area contributed by atoms with Crippen molar-refractivity contribution < 1.29 is 14.6 Å². The van der Waals surface area contributed by atoms with Gasteiger partial charge in [0, 0.05) is 5.56 Å². The normalized spacial score (nSPS) is 11.9. The Hall–Kier alpha value is -2.13. The van der Waals surface area contributed by atoms with Crippen LogP contribution in [0.3, 0.4) is 0 Å². The average molecular weight is 256 g/mol. The van der Waals surface area contributed by atoms with Gasteiger partial charge >= 0.3 is 0 Å². The lowest BCUT2D eigenvalue weighted by Gasteiger charge is -2.15. The number of ketones is 1. The second-order valence-corrected chi connectivity index (χ2v) is 4.28. The fourth-order valence-electron chi connectivity index (χ4n) is 1.81. The summed E-state index contributed by atoms with van der Waals surface area (Å²) in [6.45, 7) is 1.50. The van der Waals surface area contributed by atoms with E-state index >= 15 is 0 Å². The van der Waals surface area contributed by atoms with Crippen LogP contribution in [0.15, 0.2) is 54.6 Å². The molecule has 0 aliphatic rings. The summed E-state index contributed by atoms with van der Waals surface area (Å²) >= 11 is 0. The maximum atomic E-state index is 11.3. The van der Waals surface area contributed by atoms with Gasteiger partial charge in [-0.25, -0.2) is 0 Å². The highest BCUT2D eigenvalue weighted by Crippen LogP contribution is 2.21. The maximum absolute atomic E-state index is 11.3. The molecule has 1 atom stereocenters. The molecule has 98 valence electrons. The number of hydrogen-bond donors (Lipinski definition) is 1. The summed E-state index contributed by atoms with van der Waals surface area (Å²) in [5.74, 6) is 0.411. The van der Waals surface area contributed by atoms with Gasteiger partial charge in [-0.3, -0.25) is 4.79 Å². The molecule has 0 saturated heterocycles.